The molecule has 0 aliphatic rings. The minimum atomic E-state index is 0.190. The van der Waals surface area contributed by atoms with E-state index in [9.17, 15) is 0 Å². The van der Waals surface area contributed by atoms with Crippen molar-refractivity contribution >= 4 is 0 Å². The predicted molar refractivity (Wildman–Crippen MR) is 85.5 cm³/mol. The Bertz CT molecular complexity index is 435. The first kappa shape index (κ1) is 17.0. The van der Waals surface area contributed by atoms with Crippen molar-refractivity contribution in [2.24, 2.45) is 5.92 Å². The number of ether oxygens (including phenoxy) is 1. The Morgan fingerprint density at radius 1 is 1.30 bits per heavy atom. The normalized spacial score (nSPS) is 13.3. The van der Waals surface area contributed by atoms with E-state index >= 15 is 0 Å². The van der Waals surface area contributed by atoms with Crippen LogP contribution in [0.2, 0.25) is 0 Å². The Morgan fingerprint density at radius 3 is 2.50 bits per heavy atom. The fraction of sp³-hybridized carbons (Fsp3) is 0.706. The molecule has 0 saturated carbocycles. The highest BCUT2D eigenvalue weighted by molar-refractivity contribution is 5.41. The van der Waals surface area contributed by atoms with Crippen LogP contribution in [0.3, 0.4) is 0 Å². The molecular formula is C17H30N2O. The largest absolute Gasteiger partial charge is 0.496 e. The summed E-state index contributed by atoms with van der Waals surface area (Å²) < 4.78 is 5.46. The molecule has 0 fully saturated rings. The molecule has 1 aromatic heterocycles. The van der Waals surface area contributed by atoms with Crippen LogP contribution >= 0.6 is 0 Å². The molecule has 1 unspecified atom stereocenters. The number of nitrogens with one attached hydrogen (secondary N) is 1. The lowest BCUT2D eigenvalue weighted by Gasteiger charge is -2.23. The zero-order chi connectivity index (χ0) is 15.3. The summed E-state index contributed by atoms with van der Waals surface area (Å²) in [5.41, 5.74) is 3.64. The van der Waals surface area contributed by atoms with Gasteiger partial charge in [0.15, 0.2) is 0 Å². The van der Waals surface area contributed by atoms with E-state index in [1.807, 2.05) is 13.1 Å². The Labute approximate surface area is 124 Å². The highest BCUT2D eigenvalue weighted by Crippen LogP contribution is 2.25. The van der Waals surface area contributed by atoms with E-state index < -0.39 is 0 Å². The van der Waals surface area contributed by atoms with Crippen LogP contribution < -0.4 is 10.1 Å². The lowest BCUT2D eigenvalue weighted by molar-refractivity contribution is 0.371. The molecule has 0 aliphatic heterocycles. The molecule has 1 atom stereocenters. The molecule has 0 spiro atoms. The quantitative estimate of drug-likeness (QED) is 0.862. The van der Waals surface area contributed by atoms with Gasteiger partial charge in [-0.15, -0.1) is 0 Å². The molecule has 114 valence electrons. The average molecular weight is 278 g/mol. The van der Waals surface area contributed by atoms with Crippen molar-refractivity contribution in [2.45, 2.75) is 59.9 Å². The van der Waals surface area contributed by atoms with Crippen LogP contribution in [0.4, 0.5) is 0 Å². The first-order chi connectivity index (χ1) is 9.24. The highest BCUT2D eigenvalue weighted by atomic mass is 16.5. The molecule has 1 aromatic rings. The van der Waals surface area contributed by atoms with Crippen molar-refractivity contribution in [2.75, 3.05) is 13.7 Å². The van der Waals surface area contributed by atoms with E-state index in [-0.39, 0.29) is 5.54 Å². The van der Waals surface area contributed by atoms with Crippen LogP contribution in [-0.4, -0.2) is 24.2 Å². The minimum Gasteiger partial charge on any atom is -0.496 e. The third-order valence-corrected chi connectivity index (χ3v) is 3.60. The molecule has 0 aliphatic carbocycles. The van der Waals surface area contributed by atoms with Gasteiger partial charge in [0.25, 0.3) is 0 Å². The van der Waals surface area contributed by atoms with Crippen molar-refractivity contribution in [3.63, 3.8) is 0 Å². The molecule has 20 heavy (non-hydrogen) atoms. The number of hydrogen-bond acceptors (Lipinski definition) is 3. The average Bonchev–Trinajstić information content (AvgIpc) is 2.35. The maximum absolute atomic E-state index is 5.46. The number of hydrogen-bond donors (Lipinski definition) is 1. The lowest BCUT2D eigenvalue weighted by atomic mass is 9.99. The Balaban J connectivity index is 2.58. The van der Waals surface area contributed by atoms with Crippen molar-refractivity contribution in [3.05, 3.63) is 23.0 Å². The van der Waals surface area contributed by atoms with E-state index in [0.717, 1.165) is 36.4 Å². The number of methoxy groups -OCH3 is 1. The number of rotatable bonds is 6. The summed E-state index contributed by atoms with van der Waals surface area (Å²) in [6.07, 6.45) is 4.07. The molecular weight excluding hydrogens is 248 g/mol. The third-order valence-electron chi connectivity index (χ3n) is 3.60. The molecule has 1 heterocycles. The van der Waals surface area contributed by atoms with Gasteiger partial charge in [0.2, 0.25) is 0 Å². The molecule has 0 aromatic carbocycles. The maximum Gasteiger partial charge on any atom is 0.128 e. The van der Waals surface area contributed by atoms with Gasteiger partial charge in [-0.3, -0.25) is 4.98 Å². The van der Waals surface area contributed by atoms with Crippen molar-refractivity contribution in [1.29, 1.82) is 0 Å². The van der Waals surface area contributed by atoms with Gasteiger partial charge in [-0.2, -0.15) is 0 Å². The van der Waals surface area contributed by atoms with E-state index in [1.165, 1.54) is 5.56 Å². The molecule has 0 amide bonds. The second-order valence-electron chi connectivity index (χ2n) is 6.82. The van der Waals surface area contributed by atoms with Gasteiger partial charge in [0.1, 0.15) is 5.75 Å². The molecule has 3 nitrogen and oxygen atoms in total. The zero-order valence-corrected chi connectivity index (χ0v) is 14.1. The molecule has 0 saturated heterocycles. The first-order valence-corrected chi connectivity index (χ1v) is 7.48. The number of aromatic nitrogens is 1. The smallest absolute Gasteiger partial charge is 0.128 e. The van der Waals surface area contributed by atoms with Crippen LogP contribution in [0.1, 0.15) is 50.9 Å². The van der Waals surface area contributed by atoms with Crippen LogP contribution in [0.15, 0.2) is 6.20 Å². The second kappa shape index (κ2) is 7.07. The summed E-state index contributed by atoms with van der Waals surface area (Å²) >= 11 is 0. The van der Waals surface area contributed by atoms with E-state index in [1.54, 1.807) is 7.11 Å². The van der Waals surface area contributed by atoms with Crippen LogP contribution in [0.5, 0.6) is 5.75 Å². The molecule has 3 heteroatoms. The number of pyridine rings is 1. The number of aryl methyl sites for hydroxylation is 2. The van der Waals surface area contributed by atoms with Gasteiger partial charge >= 0.3 is 0 Å². The zero-order valence-electron chi connectivity index (χ0n) is 14.1. The molecule has 0 radical (unpaired) electrons. The first-order valence-electron chi connectivity index (χ1n) is 7.48. The monoisotopic (exact) mass is 278 g/mol. The van der Waals surface area contributed by atoms with E-state index in [0.29, 0.717) is 5.92 Å². The summed E-state index contributed by atoms with van der Waals surface area (Å²) in [7, 11) is 1.73. The van der Waals surface area contributed by atoms with Crippen molar-refractivity contribution in [3.8, 4) is 5.75 Å². The van der Waals surface area contributed by atoms with Crippen molar-refractivity contribution in [1.82, 2.24) is 10.3 Å². The second-order valence-corrected chi connectivity index (χ2v) is 6.82. The van der Waals surface area contributed by atoms with Gasteiger partial charge in [-0.05, 0) is 59.9 Å². The topological polar surface area (TPSA) is 34.1 Å². The lowest BCUT2D eigenvalue weighted by Crippen LogP contribution is -2.38. The van der Waals surface area contributed by atoms with Gasteiger partial charge in [-0.25, -0.2) is 0 Å². The SMILES string of the molecule is COc1c(C)cnc(CCC(C)CNC(C)(C)C)c1C. The summed E-state index contributed by atoms with van der Waals surface area (Å²) in [4.78, 5) is 4.57. The highest BCUT2D eigenvalue weighted by Gasteiger charge is 2.13. The summed E-state index contributed by atoms with van der Waals surface area (Å²) in [6.45, 7) is 14.1. The van der Waals surface area contributed by atoms with E-state index in [2.05, 4.69) is 44.9 Å². The Morgan fingerprint density at radius 2 is 1.95 bits per heavy atom. The van der Waals surface area contributed by atoms with Crippen LogP contribution in [-0.2, 0) is 6.42 Å². The molecule has 0 bridgehead atoms. The standard InChI is InChI=1S/C17H30N2O/c1-12(10-19-17(4,5)6)8-9-15-14(3)16(20-7)13(2)11-18-15/h11-12,19H,8-10H2,1-7H3. The summed E-state index contributed by atoms with van der Waals surface area (Å²) in [5.74, 6) is 1.62. The minimum absolute atomic E-state index is 0.190. The molecule has 1 N–H and O–H groups in total. The fourth-order valence-electron chi connectivity index (χ4n) is 2.29. The summed E-state index contributed by atoms with van der Waals surface area (Å²) in [5, 5.41) is 3.56. The number of nitrogens with zero attached hydrogens (tertiary/aromatic N) is 1. The summed E-state index contributed by atoms with van der Waals surface area (Å²) in [6, 6.07) is 0. The van der Waals surface area contributed by atoms with Crippen molar-refractivity contribution < 1.29 is 4.74 Å². The molecule has 1 rings (SSSR count). The fourth-order valence-corrected chi connectivity index (χ4v) is 2.29. The van der Waals surface area contributed by atoms with Gasteiger partial charge in [-0.1, -0.05) is 6.92 Å². The Kier molecular flexibility index (Phi) is 6.00. The van der Waals surface area contributed by atoms with Crippen LogP contribution in [0, 0.1) is 19.8 Å². The van der Waals surface area contributed by atoms with Gasteiger partial charge in [0, 0.05) is 28.6 Å². The van der Waals surface area contributed by atoms with Gasteiger partial charge < -0.3 is 10.1 Å². The Hall–Kier alpha value is -1.09. The predicted octanol–water partition coefficient (Wildman–Crippen LogP) is 3.66. The third kappa shape index (κ3) is 5.12. The van der Waals surface area contributed by atoms with E-state index in [4.69, 9.17) is 4.74 Å². The van der Waals surface area contributed by atoms with Crippen LogP contribution in [0.25, 0.3) is 0 Å². The maximum atomic E-state index is 5.46. The van der Waals surface area contributed by atoms with Gasteiger partial charge in [0.05, 0.1) is 7.11 Å².